The SMILES string of the molecule is COc1ccc(N2C(=O)C(C)(C)C(c3ncccn3)=C2c2nnn3cccnc23)cc1. The van der Waals surface area contributed by atoms with Gasteiger partial charge in [0.1, 0.15) is 5.75 Å². The van der Waals surface area contributed by atoms with Crippen LogP contribution >= 0.6 is 0 Å². The number of hydrogen-bond acceptors (Lipinski definition) is 7. The number of hydrogen-bond donors (Lipinski definition) is 0. The lowest BCUT2D eigenvalue weighted by Crippen LogP contribution is -2.33. The number of nitrogens with zero attached hydrogens (tertiary/aromatic N) is 7. The molecule has 4 aromatic rings. The van der Waals surface area contributed by atoms with Crippen molar-refractivity contribution in [3.05, 3.63) is 72.7 Å². The van der Waals surface area contributed by atoms with E-state index in [2.05, 4.69) is 25.3 Å². The number of anilines is 1. The summed E-state index contributed by atoms with van der Waals surface area (Å²) in [5.41, 5.74) is 2.04. The van der Waals surface area contributed by atoms with Crippen LogP contribution in [0.1, 0.15) is 25.4 Å². The molecule has 0 fully saturated rings. The van der Waals surface area contributed by atoms with Crippen LogP contribution in [0.25, 0.3) is 16.9 Å². The van der Waals surface area contributed by atoms with E-state index in [1.165, 1.54) is 0 Å². The van der Waals surface area contributed by atoms with Gasteiger partial charge in [-0.15, -0.1) is 5.10 Å². The fourth-order valence-electron chi connectivity index (χ4n) is 3.81. The number of aromatic nitrogens is 6. The van der Waals surface area contributed by atoms with Crippen molar-refractivity contribution in [2.45, 2.75) is 13.8 Å². The largest absolute Gasteiger partial charge is 0.497 e. The number of benzene rings is 1. The van der Waals surface area contributed by atoms with E-state index in [1.54, 1.807) is 53.4 Å². The quantitative estimate of drug-likeness (QED) is 0.507. The molecule has 0 bridgehead atoms. The molecular weight excluding hydrogens is 394 g/mol. The van der Waals surface area contributed by atoms with E-state index in [0.717, 1.165) is 0 Å². The van der Waals surface area contributed by atoms with Crippen LogP contribution in [0.15, 0.2) is 61.2 Å². The maximum atomic E-state index is 13.7. The Bertz CT molecular complexity index is 1310. The van der Waals surface area contributed by atoms with E-state index < -0.39 is 5.41 Å². The lowest BCUT2D eigenvalue weighted by atomic mass is 9.84. The molecule has 1 aromatic carbocycles. The number of methoxy groups -OCH3 is 1. The van der Waals surface area contributed by atoms with Crippen molar-refractivity contribution < 1.29 is 9.53 Å². The molecule has 0 N–H and O–H groups in total. The Morgan fingerprint density at radius 2 is 1.68 bits per heavy atom. The standard InChI is InChI=1S/C22H19N7O2/c1-22(2)16(19-23-10-4-11-24-19)18(17-20-25-12-5-13-28(20)27-26-17)29(21(22)30)14-6-8-15(31-3)9-7-14/h4-13H,1-3H3. The molecule has 0 atom stereocenters. The van der Waals surface area contributed by atoms with Crippen LogP contribution in [0.5, 0.6) is 5.75 Å². The summed E-state index contributed by atoms with van der Waals surface area (Å²) in [6.07, 6.45) is 6.75. The predicted molar refractivity (Wildman–Crippen MR) is 114 cm³/mol. The van der Waals surface area contributed by atoms with E-state index in [4.69, 9.17) is 4.74 Å². The molecule has 1 aliphatic heterocycles. The van der Waals surface area contributed by atoms with Crippen LogP contribution in [-0.4, -0.2) is 42.8 Å². The topological polar surface area (TPSA) is 98.4 Å². The molecule has 0 saturated heterocycles. The Hall–Kier alpha value is -4.14. The van der Waals surface area contributed by atoms with E-state index in [9.17, 15) is 4.79 Å². The zero-order valence-corrected chi connectivity index (χ0v) is 17.2. The number of fused-ring (bicyclic) bond motifs is 1. The van der Waals surface area contributed by atoms with Crippen molar-refractivity contribution in [1.29, 1.82) is 0 Å². The molecule has 0 radical (unpaired) electrons. The van der Waals surface area contributed by atoms with Gasteiger partial charge in [0, 0.05) is 36.0 Å². The Morgan fingerprint density at radius 3 is 2.39 bits per heavy atom. The molecule has 0 aliphatic carbocycles. The van der Waals surface area contributed by atoms with Crippen LogP contribution in [0.4, 0.5) is 5.69 Å². The fraction of sp³-hybridized carbons (Fsp3) is 0.182. The van der Waals surface area contributed by atoms with Gasteiger partial charge in [0.15, 0.2) is 17.2 Å². The predicted octanol–water partition coefficient (Wildman–Crippen LogP) is 2.86. The van der Waals surface area contributed by atoms with Gasteiger partial charge in [-0.3, -0.25) is 9.69 Å². The minimum absolute atomic E-state index is 0.118. The highest BCUT2D eigenvalue weighted by molar-refractivity contribution is 6.25. The van der Waals surface area contributed by atoms with Gasteiger partial charge < -0.3 is 4.74 Å². The zero-order chi connectivity index (χ0) is 21.6. The summed E-state index contributed by atoms with van der Waals surface area (Å²) in [4.78, 5) is 28.7. The molecule has 0 saturated carbocycles. The third-order valence-electron chi connectivity index (χ3n) is 5.35. The molecule has 1 aliphatic rings. The van der Waals surface area contributed by atoms with Crippen LogP contribution < -0.4 is 9.64 Å². The molecule has 154 valence electrons. The summed E-state index contributed by atoms with van der Waals surface area (Å²) in [6.45, 7) is 3.73. The second-order valence-corrected chi connectivity index (χ2v) is 7.59. The van der Waals surface area contributed by atoms with E-state index in [-0.39, 0.29) is 5.91 Å². The molecule has 9 heteroatoms. The second-order valence-electron chi connectivity index (χ2n) is 7.59. The highest BCUT2D eigenvalue weighted by Crippen LogP contribution is 2.50. The minimum Gasteiger partial charge on any atom is -0.497 e. The molecular formula is C22H19N7O2. The molecule has 4 heterocycles. The molecule has 3 aromatic heterocycles. The number of amides is 1. The smallest absolute Gasteiger partial charge is 0.241 e. The van der Waals surface area contributed by atoms with Crippen molar-refractivity contribution in [3.8, 4) is 5.75 Å². The summed E-state index contributed by atoms with van der Waals surface area (Å²) in [5, 5.41) is 8.57. The number of carbonyl (C=O) groups excluding carboxylic acids is 1. The van der Waals surface area contributed by atoms with Crippen molar-refractivity contribution in [3.63, 3.8) is 0 Å². The van der Waals surface area contributed by atoms with Crippen LogP contribution in [0.2, 0.25) is 0 Å². The monoisotopic (exact) mass is 413 g/mol. The first-order chi connectivity index (χ1) is 15.0. The van der Waals surface area contributed by atoms with E-state index >= 15 is 0 Å². The maximum Gasteiger partial charge on any atom is 0.241 e. The van der Waals surface area contributed by atoms with Gasteiger partial charge in [0.25, 0.3) is 0 Å². The van der Waals surface area contributed by atoms with Gasteiger partial charge >= 0.3 is 0 Å². The van der Waals surface area contributed by atoms with Gasteiger partial charge in [-0.05, 0) is 50.2 Å². The first kappa shape index (κ1) is 18.9. The molecule has 5 rings (SSSR count). The van der Waals surface area contributed by atoms with Crippen LogP contribution in [0.3, 0.4) is 0 Å². The Labute approximate surface area is 178 Å². The van der Waals surface area contributed by atoms with Gasteiger partial charge in [0.2, 0.25) is 5.91 Å². The Kier molecular flexibility index (Phi) is 4.25. The van der Waals surface area contributed by atoms with Crippen molar-refractivity contribution in [2.75, 3.05) is 12.0 Å². The average molecular weight is 413 g/mol. The van der Waals surface area contributed by atoms with Crippen molar-refractivity contribution >= 4 is 28.5 Å². The van der Waals surface area contributed by atoms with Gasteiger partial charge in [-0.1, -0.05) is 5.21 Å². The van der Waals surface area contributed by atoms with Gasteiger partial charge in [-0.25, -0.2) is 19.5 Å². The van der Waals surface area contributed by atoms with Crippen molar-refractivity contribution in [2.24, 2.45) is 5.41 Å². The molecule has 0 unspecified atom stereocenters. The third-order valence-corrected chi connectivity index (χ3v) is 5.35. The summed E-state index contributed by atoms with van der Waals surface area (Å²) in [5.74, 6) is 1.04. The number of rotatable bonds is 4. The number of carbonyl (C=O) groups is 1. The van der Waals surface area contributed by atoms with E-state index in [1.807, 2.05) is 38.1 Å². The fourth-order valence-corrected chi connectivity index (χ4v) is 3.81. The second kappa shape index (κ2) is 6.98. The summed E-state index contributed by atoms with van der Waals surface area (Å²) < 4.78 is 6.85. The average Bonchev–Trinajstić information content (AvgIpc) is 3.31. The van der Waals surface area contributed by atoms with Gasteiger partial charge in [0.05, 0.1) is 18.2 Å². The zero-order valence-electron chi connectivity index (χ0n) is 17.2. The minimum atomic E-state index is -0.901. The summed E-state index contributed by atoms with van der Waals surface area (Å²) >= 11 is 0. The summed E-state index contributed by atoms with van der Waals surface area (Å²) in [6, 6.07) is 10.8. The van der Waals surface area contributed by atoms with Crippen LogP contribution in [0, 0.1) is 5.41 Å². The number of ether oxygens (including phenoxy) is 1. The van der Waals surface area contributed by atoms with Gasteiger partial charge in [-0.2, -0.15) is 0 Å². The summed E-state index contributed by atoms with van der Waals surface area (Å²) in [7, 11) is 1.60. The Balaban J connectivity index is 1.83. The van der Waals surface area contributed by atoms with Crippen molar-refractivity contribution in [1.82, 2.24) is 29.8 Å². The Morgan fingerprint density at radius 1 is 0.968 bits per heavy atom. The molecule has 0 spiro atoms. The molecule has 1 amide bonds. The van der Waals surface area contributed by atoms with E-state index in [0.29, 0.717) is 39.9 Å². The highest BCUT2D eigenvalue weighted by Gasteiger charge is 2.50. The molecule has 9 nitrogen and oxygen atoms in total. The lowest BCUT2D eigenvalue weighted by molar-refractivity contribution is -0.122. The molecule has 31 heavy (non-hydrogen) atoms. The highest BCUT2D eigenvalue weighted by atomic mass is 16.5. The van der Waals surface area contributed by atoms with Crippen LogP contribution in [-0.2, 0) is 4.79 Å². The normalized spacial score (nSPS) is 15.7. The first-order valence-electron chi connectivity index (χ1n) is 9.69. The third kappa shape index (κ3) is 2.85. The first-order valence-corrected chi connectivity index (χ1v) is 9.69. The lowest BCUT2D eigenvalue weighted by Gasteiger charge is -2.22. The maximum absolute atomic E-state index is 13.7.